The zero-order chi connectivity index (χ0) is 13.5. The summed E-state index contributed by atoms with van der Waals surface area (Å²) >= 11 is 0. The van der Waals surface area contributed by atoms with Crippen LogP contribution in [-0.4, -0.2) is 43.6 Å². The molecule has 18 heavy (non-hydrogen) atoms. The lowest BCUT2D eigenvalue weighted by Gasteiger charge is -2.25. The minimum Gasteiger partial charge on any atom is -0.355 e. The second-order valence-corrected chi connectivity index (χ2v) is 5.03. The van der Waals surface area contributed by atoms with Crippen molar-refractivity contribution in [1.29, 1.82) is 0 Å². The topological polar surface area (TPSA) is 45.4 Å². The Bertz CT molecular complexity index is 349. The van der Waals surface area contributed by atoms with Gasteiger partial charge in [0.15, 0.2) is 0 Å². The third kappa shape index (κ3) is 4.63. The first-order valence-electron chi connectivity index (χ1n) is 6.65. The Labute approximate surface area is 111 Å². The molecule has 4 nitrogen and oxygen atoms in total. The summed E-state index contributed by atoms with van der Waals surface area (Å²) in [6.07, 6.45) is 2.98. The molecule has 0 aliphatic carbocycles. The summed E-state index contributed by atoms with van der Waals surface area (Å²) < 4.78 is 0. The van der Waals surface area contributed by atoms with Crippen LogP contribution in [0.4, 0.5) is 5.82 Å². The van der Waals surface area contributed by atoms with Gasteiger partial charge in [0.2, 0.25) is 0 Å². The molecule has 0 spiro atoms. The Morgan fingerprint density at radius 2 is 2.00 bits per heavy atom. The molecule has 0 bridgehead atoms. The first-order valence-corrected chi connectivity index (χ1v) is 6.65. The molecule has 1 aromatic heterocycles. The highest BCUT2D eigenvalue weighted by Gasteiger charge is 2.09. The van der Waals surface area contributed by atoms with E-state index in [4.69, 9.17) is 5.73 Å². The van der Waals surface area contributed by atoms with Crippen LogP contribution in [0.25, 0.3) is 0 Å². The van der Waals surface area contributed by atoms with Crippen LogP contribution in [0.15, 0.2) is 18.3 Å². The van der Waals surface area contributed by atoms with Gasteiger partial charge in [-0.3, -0.25) is 0 Å². The molecular weight excluding hydrogens is 224 g/mol. The molecule has 0 aliphatic heterocycles. The standard InChI is InChI=1S/C14H26N4/c1-5-8-18(10-9-17(3)4)14-11-13(12(2)15)6-7-16-14/h6-7,11-12H,5,8-10,15H2,1-4H3/t12-/m1/s1. The number of rotatable bonds is 7. The number of nitrogens with two attached hydrogens (primary N) is 1. The van der Waals surface area contributed by atoms with Crippen LogP contribution in [0.2, 0.25) is 0 Å². The molecule has 0 fully saturated rings. The fourth-order valence-corrected chi connectivity index (χ4v) is 1.82. The average molecular weight is 250 g/mol. The molecule has 1 rings (SSSR count). The van der Waals surface area contributed by atoms with Crippen molar-refractivity contribution in [3.8, 4) is 0 Å². The van der Waals surface area contributed by atoms with E-state index in [2.05, 4.69) is 41.9 Å². The molecule has 0 aliphatic rings. The smallest absolute Gasteiger partial charge is 0.128 e. The summed E-state index contributed by atoms with van der Waals surface area (Å²) in [4.78, 5) is 8.99. The zero-order valence-corrected chi connectivity index (χ0v) is 12.1. The molecule has 2 N–H and O–H groups in total. The van der Waals surface area contributed by atoms with Crippen LogP contribution >= 0.6 is 0 Å². The molecule has 1 atom stereocenters. The Morgan fingerprint density at radius 3 is 2.56 bits per heavy atom. The summed E-state index contributed by atoms with van der Waals surface area (Å²) in [5.74, 6) is 1.04. The van der Waals surface area contributed by atoms with Crippen LogP contribution < -0.4 is 10.6 Å². The van der Waals surface area contributed by atoms with Crippen molar-refractivity contribution in [2.24, 2.45) is 5.73 Å². The van der Waals surface area contributed by atoms with Crippen molar-refractivity contribution in [3.63, 3.8) is 0 Å². The molecule has 1 aromatic rings. The monoisotopic (exact) mass is 250 g/mol. The van der Waals surface area contributed by atoms with Gasteiger partial charge in [-0.1, -0.05) is 6.92 Å². The number of likely N-dealkylation sites (N-methyl/N-ethyl adjacent to an activating group) is 1. The Kier molecular flexibility index (Phi) is 6.09. The summed E-state index contributed by atoms with van der Waals surface area (Å²) in [6.45, 7) is 7.25. The third-order valence-corrected chi connectivity index (χ3v) is 2.93. The lowest BCUT2D eigenvalue weighted by atomic mass is 10.1. The summed E-state index contributed by atoms with van der Waals surface area (Å²) in [7, 11) is 4.19. The van der Waals surface area contributed by atoms with Gasteiger partial charge in [-0.05, 0) is 45.1 Å². The van der Waals surface area contributed by atoms with Crippen molar-refractivity contribution in [2.45, 2.75) is 26.3 Å². The third-order valence-electron chi connectivity index (χ3n) is 2.93. The van der Waals surface area contributed by atoms with Crippen molar-refractivity contribution in [1.82, 2.24) is 9.88 Å². The maximum Gasteiger partial charge on any atom is 0.128 e. The van der Waals surface area contributed by atoms with Crippen molar-refractivity contribution in [2.75, 3.05) is 38.6 Å². The van der Waals surface area contributed by atoms with E-state index < -0.39 is 0 Å². The fraction of sp³-hybridized carbons (Fsp3) is 0.643. The molecule has 0 amide bonds. The van der Waals surface area contributed by atoms with Gasteiger partial charge in [0.05, 0.1) is 0 Å². The van der Waals surface area contributed by atoms with Crippen LogP contribution in [0, 0.1) is 0 Å². The summed E-state index contributed by atoms with van der Waals surface area (Å²) in [5, 5.41) is 0. The van der Waals surface area contributed by atoms with Gasteiger partial charge in [0.25, 0.3) is 0 Å². The largest absolute Gasteiger partial charge is 0.355 e. The number of nitrogens with zero attached hydrogens (tertiary/aromatic N) is 3. The average Bonchev–Trinajstić information content (AvgIpc) is 2.34. The van der Waals surface area contributed by atoms with Crippen molar-refractivity contribution >= 4 is 5.82 Å². The summed E-state index contributed by atoms with van der Waals surface area (Å²) in [5.41, 5.74) is 7.07. The van der Waals surface area contributed by atoms with Crippen LogP contribution in [0.3, 0.4) is 0 Å². The normalized spacial score (nSPS) is 12.8. The van der Waals surface area contributed by atoms with E-state index in [1.807, 2.05) is 19.2 Å². The quantitative estimate of drug-likeness (QED) is 0.802. The van der Waals surface area contributed by atoms with Gasteiger partial charge in [-0.2, -0.15) is 0 Å². The van der Waals surface area contributed by atoms with Gasteiger partial charge in [-0.25, -0.2) is 4.98 Å². The minimum atomic E-state index is 0.0593. The van der Waals surface area contributed by atoms with Gasteiger partial charge in [-0.15, -0.1) is 0 Å². The second kappa shape index (κ2) is 7.34. The molecule has 4 heteroatoms. The molecular formula is C14H26N4. The highest BCUT2D eigenvalue weighted by molar-refractivity contribution is 5.41. The van der Waals surface area contributed by atoms with Crippen LogP contribution in [-0.2, 0) is 0 Å². The molecule has 0 radical (unpaired) electrons. The van der Waals surface area contributed by atoms with E-state index in [0.29, 0.717) is 0 Å². The van der Waals surface area contributed by atoms with E-state index in [9.17, 15) is 0 Å². The molecule has 0 saturated carbocycles. The van der Waals surface area contributed by atoms with Crippen LogP contribution in [0.1, 0.15) is 31.9 Å². The SMILES string of the molecule is CCCN(CCN(C)C)c1cc([C@@H](C)N)ccn1. The highest BCUT2D eigenvalue weighted by atomic mass is 15.2. The first kappa shape index (κ1) is 14.9. The summed E-state index contributed by atoms with van der Waals surface area (Å²) in [6, 6.07) is 4.16. The Morgan fingerprint density at radius 1 is 1.28 bits per heavy atom. The molecule has 102 valence electrons. The molecule has 0 unspecified atom stereocenters. The predicted octanol–water partition coefficient (Wildman–Crippen LogP) is 1.88. The number of aromatic nitrogens is 1. The molecule has 0 saturated heterocycles. The number of hydrogen-bond acceptors (Lipinski definition) is 4. The predicted molar refractivity (Wildman–Crippen MR) is 77.9 cm³/mol. The first-order chi connectivity index (χ1) is 8.54. The number of hydrogen-bond donors (Lipinski definition) is 1. The minimum absolute atomic E-state index is 0.0593. The number of anilines is 1. The maximum atomic E-state index is 5.92. The zero-order valence-electron chi connectivity index (χ0n) is 12.1. The van der Waals surface area contributed by atoms with E-state index in [-0.39, 0.29) is 6.04 Å². The lowest BCUT2D eigenvalue weighted by molar-refractivity contribution is 0.412. The molecule has 1 heterocycles. The van der Waals surface area contributed by atoms with Gasteiger partial charge >= 0.3 is 0 Å². The Hall–Kier alpha value is -1.13. The van der Waals surface area contributed by atoms with E-state index in [1.165, 1.54) is 0 Å². The molecule has 0 aromatic carbocycles. The highest BCUT2D eigenvalue weighted by Crippen LogP contribution is 2.16. The van der Waals surface area contributed by atoms with E-state index in [1.54, 1.807) is 0 Å². The Balaban J connectivity index is 2.80. The number of pyridine rings is 1. The fourth-order valence-electron chi connectivity index (χ4n) is 1.82. The van der Waals surface area contributed by atoms with Crippen molar-refractivity contribution in [3.05, 3.63) is 23.9 Å². The van der Waals surface area contributed by atoms with E-state index >= 15 is 0 Å². The second-order valence-electron chi connectivity index (χ2n) is 5.03. The van der Waals surface area contributed by atoms with Crippen molar-refractivity contribution < 1.29 is 0 Å². The van der Waals surface area contributed by atoms with Crippen LogP contribution in [0.5, 0.6) is 0 Å². The van der Waals surface area contributed by atoms with Gasteiger partial charge in [0, 0.05) is 31.9 Å². The van der Waals surface area contributed by atoms with E-state index in [0.717, 1.165) is 37.4 Å². The maximum absolute atomic E-state index is 5.92. The lowest BCUT2D eigenvalue weighted by Crippen LogP contribution is -2.33. The van der Waals surface area contributed by atoms with Gasteiger partial charge in [0.1, 0.15) is 5.82 Å². The van der Waals surface area contributed by atoms with Gasteiger partial charge < -0.3 is 15.5 Å².